The quantitative estimate of drug-likeness (QED) is 0.397. The molecule has 216 valence electrons. The van der Waals surface area contributed by atoms with Crippen molar-refractivity contribution in [3.05, 3.63) is 75.2 Å². The molecule has 2 aromatic carbocycles. The van der Waals surface area contributed by atoms with Crippen molar-refractivity contribution in [1.82, 2.24) is 10.2 Å². The lowest BCUT2D eigenvalue weighted by Crippen LogP contribution is -2.57. The van der Waals surface area contributed by atoms with Gasteiger partial charge in [-0.25, -0.2) is 0 Å². The van der Waals surface area contributed by atoms with Crippen molar-refractivity contribution >= 4 is 58.2 Å². The second kappa shape index (κ2) is 10.9. The van der Waals surface area contributed by atoms with Crippen molar-refractivity contribution in [3.63, 3.8) is 0 Å². The van der Waals surface area contributed by atoms with Gasteiger partial charge in [0.15, 0.2) is 0 Å². The summed E-state index contributed by atoms with van der Waals surface area (Å²) in [6.45, 7) is 4.56. The number of halogens is 3. The first-order valence-corrected chi connectivity index (χ1v) is 15.2. The number of hydrogen-bond acceptors (Lipinski definition) is 4. The van der Waals surface area contributed by atoms with E-state index in [2.05, 4.69) is 24.5 Å². The van der Waals surface area contributed by atoms with Crippen LogP contribution in [0.15, 0.2) is 54.6 Å². The monoisotopic (exact) mass is 615 g/mol. The minimum atomic E-state index is -1.25. The zero-order valence-corrected chi connectivity index (χ0v) is 25.0. The van der Waals surface area contributed by atoms with Gasteiger partial charge in [0.05, 0.1) is 17.9 Å². The van der Waals surface area contributed by atoms with Crippen molar-refractivity contribution in [3.8, 4) is 0 Å². The molecule has 8 atom stereocenters. The summed E-state index contributed by atoms with van der Waals surface area (Å²) in [7, 11) is 0. The second-order valence-corrected chi connectivity index (χ2v) is 13.1. The van der Waals surface area contributed by atoms with Gasteiger partial charge < -0.3 is 20.3 Å². The predicted octanol–water partition coefficient (Wildman–Crippen LogP) is 5.88. The van der Waals surface area contributed by atoms with Gasteiger partial charge in [0.25, 0.3) is 0 Å². The molecule has 7 nitrogen and oxygen atoms in total. The Bertz CT molecular complexity index is 1400. The van der Waals surface area contributed by atoms with Crippen molar-refractivity contribution in [2.24, 2.45) is 23.7 Å². The Labute approximate surface area is 254 Å². The van der Waals surface area contributed by atoms with Crippen LogP contribution >= 0.6 is 34.8 Å². The van der Waals surface area contributed by atoms with Gasteiger partial charge in [-0.15, -0.1) is 0 Å². The Hall–Kier alpha value is -2.58. The molecule has 1 aliphatic carbocycles. The van der Waals surface area contributed by atoms with Crippen molar-refractivity contribution in [1.29, 1.82) is 0 Å². The number of amides is 3. The lowest BCUT2D eigenvalue weighted by molar-refractivity contribution is -0.142. The largest absolute Gasteiger partial charge is 0.359 e. The maximum absolute atomic E-state index is 14.2. The zero-order valence-electron chi connectivity index (χ0n) is 22.8. The van der Waals surface area contributed by atoms with Gasteiger partial charge in [-0.1, -0.05) is 85.8 Å². The molecule has 3 aliphatic heterocycles. The molecule has 0 radical (unpaired) electrons. The standard InChI is InChI=1S/C31H32Cl3N3O4/c1-16-4-3-5-23(17(16)2)36-29(39)27-31-11-10-24(41-31)25(28(38)35-22-13-20(33)12-21(34)14-22)26(31)30(40)37(27)15-18-6-8-19(32)9-7-18/h6-14,16-17,23-27H,3-5,15H2,1-2H3,(H,35,38)(H,36,39)/t16-,17-,23+,24+,25-,26+,27+,31+/m1/s1. The highest BCUT2D eigenvalue weighted by Gasteiger charge is 2.72. The Balaban J connectivity index is 1.33. The first kappa shape index (κ1) is 28.5. The molecule has 0 unspecified atom stereocenters. The van der Waals surface area contributed by atoms with E-state index in [1.807, 2.05) is 18.2 Å². The van der Waals surface area contributed by atoms with Crippen LogP contribution in [-0.2, 0) is 25.7 Å². The molecule has 2 saturated heterocycles. The van der Waals surface area contributed by atoms with Crippen LogP contribution in [0.3, 0.4) is 0 Å². The van der Waals surface area contributed by atoms with Crippen LogP contribution in [0, 0.1) is 23.7 Å². The van der Waals surface area contributed by atoms with Gasteiger partial charge in [-0.05, 0) is 54.2 Å². The molecule has 2 bridgehead atoms. The van der Waals surface area contributed by atoms with Gasteiger partial charge in [-0.3, -0.25) is 14.4 Å². The summed E-state index contributed by atoms with van der Waals surface area (Å²) < 4.78 is 6.46. The molecule has 4 aliphatic rings. The molecule has 3 fully saturated rings. The van der Waals surface area contributed by atoms with Crippen LogP contribution in [-0.4, -0.2) is 46.4 Å². The van der Waals surface area contributed by atoms with Gasteiger partial charge in [-0.2, -0.15) is 0 Å². The first-order valence-electron chi connectivity index (χ1n) is 14.1. The molecule has 6 rings (SSSR count). The number of carbonyl (C=O) groups excluding carboxylic acids is 3. The summed E-state index contributed by atoms with van der Waals surface area (Å²) in [5.74, 6) is -1.83. The number of fused-ring (bicyclic) bond motifs is 1. The number of benzene rings is 2. The third kappa shape index (κ3) is 5.05. The highest BCUT2D eigenvalue weighted by molar-refractivity contribution is 6.35. The molecule has 3 heterocycles. The topological polar surface area (TPSA) is 87.7 Å². The predicted molar refractivity (Wildman–Crippen MR) is 159 cm³/mol. The average molecular weight is 617 g/mol. The van der Waals surface area contributed by atoms with Gasteiger partial charge in [0.1, 0.15) is 11.6 Å². The number of likely N-dealkylation sites (tertiary alicyclic amines) is 1. The number of hydrogen-bond donors (Lipinski definition) is 2. The molecule has 10 heteroatoms. The van der Waals surface area contributed by atoms with Crippen molar-refractivity contribution in [2.45, 2.75) is 63.4 Å². The van der Waals surface area contributed by atoms with Gasteiger partial charge in [0.2, 0.25) is 17.7 Å². The number of rotatable bonds is 6. The Morgan fingerprint density at radius 2 is 1.71 bits per heavy atom. The number of ether oxygens (including phenoxy) is 1. The SMILES string of the molecule is C[C@@H]1[C@H](C)CCC[C@@H]1NC(=O)[C@@H]1N(Cc2ccc(Cl)cc2)C(=O)[C@@H]2[C@H](C(=O)Nc3cc(Cl)cc(Cl)c3)[C@@H]3C=C[C@]21O3. The number of nitrogens with one attached hydrogen (secondary N) is 2. The summed E-state index contributed by atoms with van der Waals surface area (Å²) >= 11 is 18.4. The molecular weight excluding hydrogens is 585 g/mol. The Morgan fingerprint density at radius 1 is 1.00 bits per heavy atom. The van der Waals surface area contributed by atoms with Crippen molar-refractivity contribution < 1.29 is 19.1 Å². The van der Waals surface area contributed by atoms with Crippen LogP contribution in [0.1, 0.15) is 38.7 Å². The number of carbonyl (C=O) groups is 3. The minimum absolute atomic E-state index is 0.00319. The third-order valence-corrected chi connectivity index (χ3v) is 10.0. The smallest absolute Gasteiger partial charge is 0.246 e. The molecule has 2 aromatic rings. The molecule has 1 spiro atoms. The van der Waals surface area contributed by atoms with Crippen LogP contribution in [0.25, 0.3) is 0 Å². The summed E-state index contributed by atoms with van der Waals surface area (Å²) in [4.78, 5) is 43.7. The van der Waals surface area contributed by atoms with Crippen molar-refractivity contribution in [2.75, 3.05) is 5.32 Å². The molecule has 3 amide bonds. The van der Waals surface area contributed by atoms with E-state index >= 15 is 0 Å². The van der Waals surface area contributed by atoms with Gasteiger partial charge >= 0.3 is 0 Å². The summed E-state index contributed by atoms with van der Waals surface area (Å²) in [5, 5.41) is 7.47. The maximum atomic E-state index is 14.2. The molecule has 2 N–H and O–H groups in total. The van der Waals surface area contributed by atoms with E-state index in [4.69, 9.17) is 39.5 Å². The fourth-order valence-corrected chi connectivity index (χ4v) is 7.78. The Kier molecular flexibility index (Phi) is 7.60. The molecule has 1 saturated carbocycles. The summed E-state index contributed by atoms with van der Waals surface area (Å²) in [5.41, 5.74) is -0.00777. The average Bonchev–Trinajstić information content (AvgIpc) is 3.55. The molecule has 41 heavy (non-hydrogen) atoms. The lowest BCUT2D eigenvalue weighted by atomic mass is 9.73. The lowest BCUT2D eigenvalue weighted by Gasteiger charge is -2.38. The van der Waals surface area contributed by atoms with Crippen LogP contribution in [0.4, 0.5) is 5.69 Å². The third-order valence-electron chi connectivity index (χ3n) is 9.36. The van der Waals surface area contributed by atoms with E-state index in [1.165, 1.54) is 0 Å². The first-order chi connectivity index (χ1) is 19.6. The maximum Gasteiger partial charge on any atom is 0.246 e. The highest BCUT2D eigenvalue weighted by Crippen LogP contribution is 2.55. The van der Waals surface area contributed by atoms with E-state index in [0.29, 0.717) is 32.6 Å². The van der Waals surface area contributed by atoms with Crippen LogP contribution < -0.4 is 10.6 Å². The second-order valence-electron chi connectivity index (χ2n) is 11.8. The van der Waals surface area contributed by atoms with E-state index in [9.17, 15) is 14.4 Å². The summed E-state index contributed by atoms with van der Waals surface area (Å²) in [6.07, 6.45) is 6.04. The van der Waals surface area contributed by atoms with Gasteiger partial charge in [0, 0.05) is 33.3 Å². The van der Waals surface area contributed by atoms with E-state index in [0.717, 1.165) is 24.8 Å². The minimum Gasteiger partial charge on any atom is -0.359 e. The molecule has 0 aromatic heterocycles. The van der Waals surface area contributed by atoms with E-state index in [1.54, 1.807) is 41.3 Å². The fourth-order valence-electron chi connectivity index (χ4n) is 7.12. The fraction of sp³-hybridized carbons (Fsp3) is 0.452. The normalized spacial score (nSPS) is 33.6. The summed E-state index contributed by atoms with van der Waals surface area (Å²) in [6, 6.07) is 11.0. The van der Waals surface area contributed by atoms with E-state index < -0.39 is 29.6 Å². The van der Waals surface area contributed by atoms with Crippen LogP contribution in [0.5, 0.6) is 0 Å². The highest BCUT2D eigenvalue weighted by atomic mass is 35.5. The number of nitrogens with zero attached hydrogens (tertiary/aromatic N) is 1. The van der Waals surface area contributed by atoms with E-state index in [-0.39, 0.29) is 30.3 Å². The Morgan fingerprint density at radius 3 is 2.41 bits per heavy atom. The van der Waals surface area contributed by atoms with Crippen LogP contribution in [0.2, 0.25) is 15.1 Å². The number of anilines is 1. The molecular formula is C31H32Cl3N3O4. The zero-order chi connectivity index (χ0) is 29.1.